The van der Waals surface area contributed by atoms with Gasteiger partial charge in [0.05, 0.1) is 11.7 Å². The Morgan fingerprint density at radius 3 is 2.88 bits per heavy atom. The standard InChI is InChI=1S/C11H16ClN3OS/c1-8-2-4-11(7-12,5-3-8)14-10(16)9-6-13-15-17-9/h6,8H,2-5,7H2,1H3,(H,14,16). The van der Waals surface area contributed by atoms with E-state index < -0.39 is 0 Å². The summed E-state index contributed by atoms with van der Waals surface area (Å²) in [5.74, 6) is 1.10. The van der Waals surface area contributed by atoms with Gasteiger partial charge in [-0.05, 0) is 43.1 Å². The molecule has 17 heavy (non-hydrogen) atoms. The number of amides is 1. The van der Waals surface area contributed by atoms with E-state index in [1.807, 2.05) is 0 Å². The van der Waals surface area contributed by atoms with Gasteiger partial charge in [-0.3, -0.25) is 4.79 Å². The van der Waals surface area contributed by atoms with Gasteiger partial charge in [-0.1, -0.05) is 11.4 Å². The van der Waals surface area contributed by atoms with Gasteiger partial charge < -0.3 is 5.32 Å². The predicted octanol–water partition coefficient (Wildman–Crippen LogP) is 2.46. The van der Waals surface area contributed by atoms with Crippen LogP contribution >= 0.6 is 23.1 Å². The molecule has 4 nitrogen and oxygen atoms in total. The topological polar surface area (TPSA) is 54.9 Å². The highest BCUT2D eigenvalue weighted by Gasteiger charge is 2.35. The van der Waals surface area contributed by atoms with Crippen LogP contribution in [0.5, 0.6) is 0 Å². The van der Waals surface area contributed by atoms with E-state index in [0.717, 1.165) is 43.1 Å². The zero-order valence-corrected chi connectivity index (χ0v) is 11.4. The number of nitrogens with one attached hydrogen (secondary N) is 1. The molecular formula is C11H16ClN3OS. The highest BCUT2D eigenvalue weighted by Crippen LogP contribution is 2.33. The molecule has 2 rings (SSSR count). The summed E-state index contributed by atoms with van der Waals surface area (Å²) in [6.45, 7) is 2.24. The molecule has 94 valence electrons. The third-order valence-electron chi connectivity index (χ3n) is 3.45. The summed E-state index contributed by atoms with van der Waals surface area (Å²) in [5.41, 5.74) is -0.241. The molecule has 1 aromatic heterocycles. The molecule has 1 N–H and O–H groups in total. The van der Waals surface area contributed by atoms with Crippen LogP contribution in [0.3, 0.4) is 0 Å². The Kier molecular flexibility index (Phi) is 3.99. The molecule has 0 radical (unpaired) electrons. The van der Waals surface area contributed by atoms with Crippen LogP contribution in [0.2, 0.25) is 0 Å². The molecule has 0 unspecified atom stereocenters. The van der Waals surface area contributed by atoms with E-state index in [4.69, 9.17) is 11.6 Å². The van der Waals surface area contributed by atoms with Crippen molar-refractivity contribution in [1.29, 1.82) is 0 Å². The number of hydrogen-bond donors (Lipinski definition) is 1. The number of rotatable bonds is 3. The molecule has 0 atom stereocenters. The van der Waals surface area contributed by atoms with Crippen molar-refractivity contribution >= 4 is 29.0 Å². The van der Waals surface area contributed by atoms with Crippen molar-refractivity contribution in [3.8, 4) is 0 Å². The normalized spacial score (nSPS) is 28.9. The van der Waals surface area contributed by atoms with E-state index in [1.165, 1.54) is 6.20 Å². The van der Waals surface area contributed by atoms with Crippen LogP contribution in [0, 0.1) is 5.92 Å². The SMILES string of the molecule is CC1CCC(CCl)(NC(=O)c2cnns2)CC1. The molecule has 1 heterocycles. The number of nitrogens with zero attached hydrogens (tertiary/aromatic N) is 2. The van der Waals surface area contributed by atoms with Crippen molar-refractivity contribution in [2.75, 3.05) is 5.88 Å². The number of alkyl halides is 1. The molecule has 0 aromatic carbocycles. The number of carbonyl (C=O) groups is 1. The van der Waals surface area contributed by atoms with Crippen LogP contribution in [-0.2, 0) is 0 Å². The molecule has 0 aliphatic heterocycles. The summed E-state index contributed by atoms with van der Waals surface area (Å²) >= 11 is 7.16. The Labute approximate surface area is 110 Å². The summed E-state index contributed by atoms with van der Waals surface area (Å²) in [5, 5.41) is 6.74. The minimum absolute atomic E-state index is 0.102. The Morgan fingerprint density at radius 2 is 2.35 bits per heavy atom. The van der Waals surface area contributed by atoms with Crippen molar-refractivity contribution in [3.05, 3.63) is 11.1 Å². The molecular weight excluding hydrogens is 258 g/mol. The fourth-order valence-corrected chi connectivity index (χ4v) is 2.92. The fourth-order valence-electron chi connectivity index (χ4n) is 2.18. The largest absolute Gasteiger partial charge is 0.345 e. The van der Waals surface area contributed by atoms with Gasteiger partial charge >= 0.3 is 0 Å². The monoisotopic (exact) mass is 273 g/mol. The minimum Gasteiger partial charge on any atom is -0.345 e. The van der Waals surface area contributed by atoms with Crippen LogP contribution < -0.4 is 5.32 Å². The molecule has 0 saturated heterocycles. The fraction of sp³-hybridized carbons (Fsp3) is 0.727. The van der Waals surface area contributed by atoms with E-state index in [0.29, 0.717) is 10.8 Å². The average molecular weight is 274 g/mol. The first kappa shape index (κ1) is 12.8. The van der Waals surface area contributed by atoms with E-state index in [9.17, 15) is 4.79 Å². The summed E-state index contributed by atoms with van der Waals surface area (Å²) in [6, 6.07) is 0. The lowest BCUT2D eigenvalue weighted by Gasteiger charge is -2.38. The summed E-state index contributed by atoms with van der Waals surface area (Å²) in [6.07, 6.45) is 5.64. The van der Waals surface area contributed by atoms with Gasteiger partial charge in [0.15, 0.2) is 0 Å². The first-order chi connectivity index (χ1) is 8.15. The Hall–Kier alpha value is -0.680. The quantitative estimate of drug-likeness (QED) is 0.861. The maximum absolute atomic E-state index is 12.0. The number of hydrogen-bond acceptors (Lipinski definition) is 4. The molecule has 1 aliphatic rings. The van der Waals surface area contributed by atoms with Crippen molar-refractivity contribution in [3.63, 3.8) is 0 Å². The van der Waals surface area contributed by atoms with Crippen molar-refractivity contribution in [2.45, 2.75) is 38.1 Å². The van der Waals surface area contributed by atoms with Gasteiger partial charge in [0.1, 0.15) is 4.88 Å². The lowest BCUT2D eigenvalue weighted by atomic mass is 9.78. The zero-order valence-electron chi connectivity index (χ0n) is 9.78. The summed E-state index contributed by atoms with van der Waals surface area (Å²) in [4.78, 5) is 12.5. The van der Waals surface area contributed by atoms with E-state index in [1.54, 1.807) is 0 Å². The number of halogens is 1. The van der Waals surface area contributed by atoms with Gasteiger partial charge in [-0.25, -0.2) is 0 Å². The highest BCUT2D eigenvalue weighted by atomic mass is 35.5. The molecule has 1 aromatic rings. The Morgan fingerprint density at radius 1 is 1.65 bits per heavy atom. The zero-order chi connectivity index (χ0) is 12.3. The lowest BCUT2D eigenvalue weighted by Crippen LogP contribution is -2.52. The lowest BCUT2D eigenvalue weighted by molar-refractivity contribution is 0.0876. The van der Waals surface area contributed by atoms with E-state index >= 15 is 0 Å². The molecule has 0 spiro atoms. The third-order valence-corrected chi connectivity index (χ3v) is 4.63. The van der Waals surface area contributed by atoms with Crippen molar-refractivity contribution < 1.29 is 4.79 Å². The second-order valence-corrected chi connectivity index (χ2v) is 5.89. The number of aromatic nitrogens is 2. The van der Waals surface area contributed by atoms with Gasteiger partial charge in [0.25, 0.3) is 5.91 Å². The van der Waals surface area contributed by atoms with Crippen LogP contribution in [0.15, 0.2) is 6.20 Å². The second-order valence-electron chi connectivity index (χ2n) is 4.83. The van der Waals surface area contributed by atoms with Gasteiger partial charge in [-0.15, -0.1) is 16.7 Å². The second kappa shape index (κ2) is 5.31. The highest BCUT2D eigenvalue weighted by molar-refractivity contribution is 7.07. The smallest absolute Gasteiger partial charge is 0.265 e. The average Bonchev–Trinajstić information content (AvgIpc) is 2.86. The molecule has 1 fully saturated rings. The summed E-state index contributed by atoms with van der Waals surface area (Å²) in [7, 11) is 0. The first-order valence-corrected chi connectivity index (χ1v) is 7.12. The van der Waals surface area contributed by atoms with Crippen molar-refractivity contribution in [2.24, 2.45) is 5.92 Å². The molecule has 1 amide bonds. The minimum atomic E-state index is -0.241. The molecule has 1 saturated carbocycles. The molecule has 0 bridgehead atoms. The first-order valence-electron chi connectivity index (χ1n) is 5.81. The van der Waals surface area contributed by atoms with Gasteiger partial charge in [0.2, 0.25) is 0 Å². The van der Waals surface area contributed by atoms with Crippen LogP contribution in [0.25, 0.3) is 0 Å². The Bertz CT molecular complexity index is 374. The van der Waals surface area contributed by atoms with Crippen LogP contribution in [0.1, 0.15) is 42.3 Å². The molecule has 1 aliphatic carbocycles. The number of carbonyl (C=O) groups excluding carboxylic acids is 1. The van der Waals surface area contributed by atoms with E-state index in [2.05, 4.69) is 21.8 Å². The Balaban J connectivity index is 2.02. The predicted molar refractivity (Wildman–Crippen MR) is 68.5 cm³/mol. The van der Waals surface area contributed by atoms with Gasteiger partial charge in [0, 0.05) is 5.88 Å². The van der Waals surface area contributed by atoms with E-state index in [-0.39, 0.29) is 11.4 Å². The van der Waals surface area contributed by atoms with Crippen LogP contribution in [-0.4, -0.2) is 26.9 Å². The summed E-state index contributed by atoms with van der Waals surface area (Å²) < 4.78 is 3.69. The maximum Gasteiger partial charge on any atom is 0.265 e. The van der Waals surface area contributed by atoms with Gasteiger partial charge in [-0.2, -0.15) is 0 Å². The van der Waals surface area contributed by atoms with Crippen molar-refractivity contribution in [1.82, 2.24) is 14.9 Å². The third kappa shape index (κ3) is 2.96. The maximum atomic E-state index is 12.0. The molecule has 6 heteroatoms. The van der Waals surface area contributed by atoms with Crippen LogP contribution in [0.4, 0.5) is 0 Å².